The molecular weight excluding hydrogens is 549 g/mol. The van der Waals surface area contributed by atoms with E-state index < -0.39 is 11.9 Å². The number of nitrogens with zero attached hydrogens (tertiary/aromatic N) is 5. The highest BCUT2D eigenvalue weighted by atomic mass is 19.4. The van der Waals surface area contributed by atoms with E-state index in [0.717, 1.165) is 47.5 Å². The molecule has 1 aromatic carbocycles. The van der Waals surface area contributed by atoms with Crippen LogP contribution in [0.1, 0.15) is 68.3 Å². The van der Waals surface area contributed by atoms with Gasteiger partial charge in [0.1, 0.15) is 0 Å². The molecule has 2 aliphatic rings. The average Bonchev–Trinajstić information content (AvgIpc) is 3.41. The van der Waals surface area contributed by atoms with Crippen LogP contribution in [0.25, 0.3) is 5.52 Å². The smallest absolute Gasteiger partial charge is 0.435 e. The fraction of sp³-hybridized carbons (Fsp3) is 0.433. The van der Waals surface area contributed by atoms with E-state index in [9.17, 15) is 22.8 Å². The number of unbranched alkanes of at least 4 members (excludes halogenated alkanes) is 2. The molecular formula is C30H33F3N6O3. The van der Waals surface area contributed by atoms with Crippen molar-refractivity contribution in [2.75, 3.05) is 13.7 Å². The van der Waals surface area contributed by atoms with E-state index in [0.29, 0.717) is 24.2 Å². The van der Waals surface area contributed by atoms with E-state index in [2.05, 4.69) is 32.9 Å². The Balaban J connectivity index is 1.22. The molecule has 0 bridgehead atoms. The van der Waals surface area contributed by atoms with Crippen molar-refractivity contribution in [3.05, 3.63) is 64.8 Å². The van der Waals surface area contributed by atoms with Crippen LogP contribution >= 0.6 is 0 Å². The van der Waals surface area contributed by atoms with Gasteiger partial charge in [0.05, 0.1) is 24.0 Å². The van der Waals surface area contributed by atoms with E-state index in [-0.39, 0.29) is 41.5 Å². The van der Waals surface area contributed by atoms with Crippen LogP contribution in [-0.4, -0.2) is 51.5 Å². The zero-order chi connectivity index (χ0) is 30.0. The molecule has 2 aromatic heterocycles. The largest absolute Gasteiger partial charge is 0.481 e. The van der Waals surface area contributed by atoms with E-state index >= 15 is 0 Å². The Bertz CT molecular complexity index is 1540. The standard InChI is InChI=1S/C30H33F3N6O3/c1-18-15-25(40)34-35-28(18)21-10-8-20(9-11-21)7-5-4-6-14-38-26(41)16-19(2)29(37-38)22-12-13-27(42-3)39-23(22)17-24(36-39)30(31,32)33/h8-13,17-19H,4-7,14-16H2,1-3H3,(H,34,40). The molecule has 0 fully saturated rings. The Kier molecular flexibility index (Phi) is 8.33. The van der Waals surface area contributed by atoms with Gasteiger partial charge in [-0.05, 0) is 42.5 Å². The van der Waals surface area contributed by atoms with Crippen LogP contribution in [0.3, 0.4) is 0 Å². The van der Waals surface area contributed by atoms with Crippen LogP contribution in [0, 0.1) is 11.8 Å². The van der Waals surface area contributed by atoms with Crippen LogP contribution in [0.15, 0.2) is 52.7 Å². The van der Waals surface area contributed by atoms with Crippen LogP contribution in [0.5, 0.6) is 5.88 Å². The van der Waals surface area contributed by atoms with Crippen molar-refractivity contribution >= 4 is 28.8 Å². The van der Waals surface area contributed by atoms with E-state index in [1.165, 1.54) is 17.7 Å². The highest BCUT2D eigenvalue weighted by molar-refractivity contribution is 6.10. The SMILES string of the molecule is COc1ccc(C2=NN(CCCCCc3ccc(C4=NNC(=O)CC4C)cc3)C(=O)CC2C)c2cc(C(F)(F)F)nn12. The van der Waals surface area contributed by atoms with Gasteiger partial charge in [0.15, 0.2) is 5.69 Å². The van der Waals surface area contributed by atoms with Gasteiger partial charge in [0, 0.05) is 42.9 Å². The zero-order valence-electron chi connectivity index (χ0n) is 23.7. The summed E-state index contributed by atoms with van der Waals surface area (Å²) in [5.41, 5.74) is 5.86. The second-order valence-electron chi connectivity index (χ2n) is 10.9. The molecule has 42 heavy (non-hydrogen) atoms. The van der Waals surface area contributed by atoms with Gasteiger partial charge in [0.2, 0.25) is 17.7 Å². The van der Waals surface area contributed by atoms with Crippen molar-refractivity contribution < 1.29 is 27.5 Å². The second-order valence-corrected chi connectivity index (χ2v) is 10.9. The molecule has 0 spiro atoms. The Morgan fingerprint density at radius 1 is 0.976 bits per heavy atom. The molecule has 4 heterocycles. The van der Waals surface area contributed by atoms with Crippen molar-refractivity contribution in [1.29, 1.82) is 0 Å². The van der Waals surface area contributed by atoms with Gasteiger partial charge in [-0.25, -0.2) is 10.4 Å². The molecule has 2 atom stereocenters. The Morgan fingerprint density at radius 2 is 1.71 bits per heavy atom. The number of hydrogen-bond donors (Lipinski definition) is 1. The van der Waals surface area contributed by atoms with E-state index in [1.807, 2.05) is 26.0 Å². The number of ether oxygens (including phenoxy) is 1. The highest BCUT2D eigenvalue weighted by Gasteiger charge is 2.36. The van der Waals surface area contributed by atoms with Crippen LogP contribution in [-0.2, 0) is 22.2 Å². The number of amides is 2. The third-order valence-electron chi connectivity index (χ3n) is 7.67. The van der Waals surface area contributed by atoms with Gasteiger partial charge in [0.25, 0.3) is 0 Å². The topological polar surface area (TPSA) is 101 Å². The number of alkyl halides is 3. The lowest BCUT2D eigenvalue weighted by Gasteiger charge is -2.28. The number of nitrogens with one attached hydrogen (secondary N) is 1. The van der Waals surface area contributed by atoms with E-state index in [1.54, 1.807) is 12.1 Å². The van der Waals surface area contributed by atoms with Gasteiger partial charge >= 0.3 is 6.18 Å². The molecule has 0 radical (unpaired) electrons. The maximum atomic E-state index is 13.4. The zero-order valence-corrected chi connectivity index (χ0v) is 23.7. The predicted octanol–water partition coefficient (Wildman–Crippen LogP) is 5.21. The summed E-state index contributed by atoms with van der Waals surface area (Å²) in [6, 6.07) is 12.4. The van der Waals surface area contributed by atoms with Gasteiger partial charge in [-0.3, -0.25) is 9.59 Å². The lowest BCUT2D eigenvalue weighted by Crippen LogP contribution is -2.37. The van der Waals surface area contributed by atoms with Gasteiger partial charge in [-0.15, -0.1) is 0 Å². The summed E-state index contributed by atoms with van der Waals surface area (Å²) in [5, 5.41) is 14.0. The summed E-state index contributed by atoms with van der Waals surface area (Å²) in [6.07, 6.45) is -0.533. The summed E-state index contributed by atoms with van der Waals surface area (Å²) < 4.78 is 46.7. The first-order valence-electron chi connectivity index (χ1n) is 14.0. The number of pyridine rings is 1. The van der Waals surface area contributed by atoms with Crippen molar-refractivity contribution in [1.82, 2.24) is 20.0 Å². The lowest BCUT2D eigenvalue weighted by molar-refractivity contribution is -0.141. The quantitative estimate of drug-likeness (QED) is 0.350. The lowest BCUT2D eigenvalue weighted by atomic mass is 9.93. The number of carbonyl (C=O) groups is 2. The molecule has 222 valence electrons. The number of fused-ring (bicyclic) bond motifs is 1. The third-order valence-corrected chi connectivity index (χ3v) is 7.67. The molecule has 9 nitrogen and oxygen atoms in total. The predicted molar refractivity (Wildman–Crippen MR) is 151 cm³/mol. The Labute approximate surface area is 241 Å². The minimum Gasteiger partial charge on any atom is -0.481 e. The van der Waals surface area contributed by atoms with Crippen molar-refractivity contribution in [3.63, 3.8) is 0 Å². The number of aromatic nitrogens is 2. The molecule has 12 heteroatoms. The maximum absolute atomic E-state index is 13.4. The normalized spacial score (nSPS) is 19.5. The summed E-state index contributed by atoms with van der Waals surface area (Å²) >= 11 is 0. The molecule has 0 aliphatic carbocycles. The number of methoxy groups -OCH3 is 1. The Hall–Kier alpha value is -4.22. The average molecular weight is 583 g/mol. The molecule has 2 unspecified atom stereocenters. The fourth-order valence-electron chi connectivity index (χ4n) is 5.42. The third kappa shape index (κ3) is 6.17. The monoisotopic (exact) mass is 582 g/mol. The number of benzene rings is 1. The van der Waals surface area contributed by atoms with Gasteiger partial charge < -0.3 is 4.74 Å². The molecule has 2 amide bonds. The number of hydrogen-bond acceptors (Lipinski definition) is 6. The molecule has 0 saturated carbocycles. The van der Waals surface area contributed by atoms with Crippen LogP contribution in [0.2, 0.25) is 0 Å². The molecule has 1 N–H and O–H groups in total. The molecule has 3 aromatic rings. The van der Waals surface area contributed by atoms with E-state index in [4.69, 9.17) is 4.74 Å². The summed E-state index contributed by atoms with van der Waals surface area (Å²) in [6.45, 7) is 4.26. The number of carbonyl (C=O) groups excluding carboxylic acids is 2. The minimum atomic E-state index is -4.61. The van der Waals surface area contributed by atoms with Crippen molar-refractivity contribution in [3.8, 4) is 5.88 Å². The van der Waals surface area contributed by atoms with Gasteiger partial charge in [-0.1, -0.05) is 44.5 Å². The van der Waals surface area contributed by atoms with Crippen LogP contribution in [0.4, 0.5) is 13.2 Å². The van der Waals surface area contributed by atoms with Crippen molar-refractivity contribution in [2.24, 2.45) is 22.0 Å². The fourth-order valence-corrected chi connectivity index (χ4v) is 5.42. The van der Waals surface area contributed by atoms with Gasteiger partial charge in [-0.2, -0.15) is 33.0 Å². The summed E-state index contributed by atoms with van der Waals surface area (Å²) in [5.74, 6) is -0.200. The Morgan fingerprint density at radius 3 is 2.40 bits per heavy atom. The van der Waals surface area contributed by atoms with Crippen LogP contribution < -0.4 is 10.2 Å². The summed E-state index contributed by atoms with van der Waals surface area (Å²) in [7, 11) is 1.37. The second kappa shape index (κ2) is 11.9. The molecule has 0 saturated heterocycles. The summed E-state index contributed by atoms with van der Waals surface area (Å²) in [4.78, 5) is 24.3. The number of aryl methyl sites for hydroxylation is 1. The molecule has 2 aliphatic heterocycles. The first-order chi connectivity index (χ1) is 20.0. The van der Waals surface area contributed by atoms with Crippen molar-refractivity contribution in [2.45, 2.75) is 58.5 Å². The minimum absolute atomic E-state index is 0.0681. The number of hydrazone groups is 2. The maximum Gasteiger partial charge on any atom is 0.435 e. The highest BCUT2D eigenvalue weighted by Crippen LogP contribution is 2.33. The first-order valence-corrected chi connectivity index (χ1v) is 14.0. The molecule has 5 rings (SSSR count). The number of halogens is 3. The number of rotatable bonds is 9. The first kappa shape index (κ1) is 29.3.